The van der Waals surface area contributed by atoms with E-state index in [0.29, 0.717) is 35.6 Å². The topological polar surface area (TPSA) is 62.7 Å². The molecule has 0 radical (unpaired) electrons. The van der Waals surface area contributed by atoms with E-state index < -0.39 is 5.97 Å². The van der Waals surface area contributed by atoms with Gasteiger partial charge in [0.2, 0.25) is 0 Å². The predicted octanol–water partition coefficient (Wildman–Crippen LogP) is 2.82. The second-order valence-electron chi connectivity index (χ2n) is 6.18. The summed E-state index contributed by atoms with van der Waals surface area (Å²) in [6.07, 6.45) is 0.587. The molecule has 6 heteroatoms. The summed E-state index contributed by atoms with van der Waals surface area (Å²) in [5.74, 6) is -0.497. The zero-order valence-electron chi connectivity index (χ0n) is 13.1. The first-order valence-corrected chi connectivity index (χ1v) is 8.28. The summed E-state index contributed by atoms with van der Waals surface area (Å²) in [6, 6.07) is 0.463. The molecule has 5 nitrogen and oxygen atoms in total. The maximum absolute atomic E-state index is 11.4. The van der Waals surface area contributed by atoms with Gasteiger partial charge in [0.15, 0.2) is 0 Å². The molecule has 118 valence electrons. The Labute approximate surface area is 129 Å². The Bertz CT molecular complexity index is 499. The molecule has 2 rings (SSSR count). The van der Waals surface area contributed by atoms with Crippen LogP contribution < -0.4 is 0 Å². The van der Waals surface area contributed by atoms with Crippen LogP contribution in [0.4, 0.5) is 0 Å². The van der Waals surface area contributed by atoms with Crippen molar-refractivity contribution in [3.8, 4) is 0 Å². The monoisotopic (exact) mass is 312 g/mol. The van der Waals surface area contributed by atoms with Gasteiger partial charge in [-0.1, -0.05) is 13.8 Å². The smallest absolute Gasteiger partial charge is 0.347 e. The van der Waals surface area contributed by atoms with E-state index in [2.05, 4.69) is 37.6 Å². The lowest BCUT2D eigenvalue weighted by Crippen LogP contribution is -2.42. The third-order valence-electron chi connectivity index (χ3n) is 3.61. The van der Waals surface area contributed by atoms with Crippen molar-refractivity contribution in [1.82, 2.24) is 9.88 Å². The van der Waals surface area contributed by atoms with Gasteiger partial charge in [-0.25, -0.2) is 9.78 Å². The van der Waals surface area contributed by atoms with Crippen LogP contribution in [-0.4, -0.2) is 46.7 Å². The fourth-order valence-electron chi connectivity index (χ4n) is 2.49. The van der Waals surface area contributed by atoms with Crippen LogP contribution in [0.2, 0.25) is 0 Å². The third kappa shape index (κ3) is 4.02. The van der Waals surface area contributed by atoms with Gasteiger partial charge in [-0.15, -0.1) is 11.3 Å². The lowest BCUT2D eigenvalue weighted by atomic mass is 10.1. The number of aromatic nitrogens is 1. The molecule has 2 heterocycles. The van der Waals surface area contributed by atoms with Crippen molar-refractivity contribution in [1.29, 1.82) is 0 Å². The van der Waals surface area contributed by atoms with Crippen LogP contribution in [0, 0.1) is 5.92 Å². The number of hydrogen-bond donors (Lipinski definition) is 1. The number of hydrogen-bond acceptors (Lipinski definition) is 5. The van der Waals surface area contributed by atoms with Gasteiger partial charge in [0.1, 0.15) is 16.0 Å². The summed E-state index contributed by atoms with van der Waals surface area (Å²) >= 11 is 1.27. The molecule has 0 saturated carbocycles. The lowest BCUT2D eigenvalue weighted by molar-refractivity contribution is -0.0403. The number of morpholine rings is 1. The van der Waals surface area contributed by atoms with Crippen molar-refractivity contribution in [2.24, 2.45) is 5.92 Å². The fourth-order valence-corrected chi connectivity index (χ4v) is 3.46. The number of nitrogens with zero attached hydrogens (tertiary/aromatic N) is 2. The highest BCUT2D eigenvalue weighted by atomic mass is 32.1. The zero-order chi connectivity index (χ0) is 15.6. The van der Waals surface area contributed by atoms with Crippen molar-refractivity contribution >= 4 is 17.3 Å². The summed E-state index contributed by atoms with van der Waals surface area (Å²) in [5, 5.41) is 10.1. The minimum absolute atomic E-state index is 0.106. The Balaban J connectivity index is 2.21. The summed E-state index contributed by atoms with van der Waals surface area (Å²) in [6.45, 7) is 10.8. The maximum Gasteiger partial charge on any atom is 0.347 e. The zero-order valence-corrected chi connectivity index (χ0v) is 13.9. The van der Waals surface area contributed by atoms with Gasteiger partial charge in [0, 0.05) is 19.1 Å². The maximum atomic E-state index is 11.4. The number of thiazole rings is 1. The average molecular weight is 312 g/mol. The SMILES string of the molecule is CC(C)Cc1nc(C2CN(C(C)C)CCO2)sc1C(=O)O. The number of rotatable bonds is 5. The molecule has 0 aromatic carbocycles. The van der Waals surface area contributed by atoms with Crippen molar-refractivity contribution < 1.29 is 14.6 Å². The normalized spacial score (nSPS) is 20.4. The molecule has 1 saturated heterocycles. The molecule has 1 aliphatic heterocycles. The van der Waals surface area contributed by atoms with Crippen molar-refractivity contribution in [2.45, 2.75) is 46.3 Å². The highest BCUT2D eigenvalue weighted by molar-refractivity contribution is 7.13. The van der Waals surface area contributed by atoms with Crippen LogP contribution in [0.3, 0.4) is 0 Å². The molecule has 0 spiro atoms. The predicted molar refractivity (Wildman–Crippen MR) is 83.0 cm³/mol. The van der Waals surface area contributed by atoms with Crippen molar-refractivity contribution in [3.63, 3.8) is 0 Å². The number of aromatic carboxylic acids is 1. The summed E-state index contributed by atoms with van der Waals surface area (Å²) in [5.41, 5.74) is 0.697. The van der Waals surface area contributed by atoms with Crippen molar-refractivity contribution in [3.05, 3.63) is 15.6 Å². The Morgan fingerprint density at radius 2 is 2.19 bits per heavy atom. The summed E-state index contributed by atoms with van der Waals surface area (Å²) < 4.78 is 5.81. The first kappa shape index (κ1) is 16.4. The fraction of sp³-hybridized carbons (Fsp3) is 0.733. The van der Waals surface area contributed by atoms with Gasteiger partial charge in [0.05, 0.1) is 12.3 Å². The van der Waals surface area contributed by atoms with Crippen LogP contribution in [0.25, 0.3) is 0 Å². The molecular weight excluding hydrogens is 288 g/mol. The number of carboxylic acid groups (broad SMARTS) is 1. The Morgan fingerprint density at radius 3 is 2.76 bits per heavy atom. The number of ether oxygens (including phenoxy) is 1. The highest BCUT2D eigenvalue weighted by Gasteiger charge is 2.28. The lowest BCUT2D eigenvalue weighted by Gasteiger charge is -2.34. The largest absolute Gasteiger partial charge is 0.477 e. The van der Waals surface area contributed by atoms with Crippen LogP contribution in [0.5, 0.6) is 0 Å². The molecule has 1 aromatic rings. The first-order valence-electron chi connectivity index (χ1n) is 7.47. The molecule has 1 unspecified atom stereocenters. The molecule has 1 fully saturated rings. The van der Waals surface area contributed by atoms with E-state index in [1.165, 1.54) is 11.3 Å². The average Bonchev–Trinajstić information content (AvgIpc) is 2.82. The first-order chi connectivity index (χ1) is 9.88. The molecule has 1 aromatic heterocycles. The van der Waals surface area contributed by atoms with Crippen LogP contribution in [0.15, 0.2) is 0 Å². The van der Waals surface area contributed by atoms with E-state index in [1.807, 2.05) is 0 Å². The summed E-state index contributed by atoms with van der Waals surface area (Å²) in [7, 11) is 0. The molecule has 1 aliphatic rings. The van der Waals surface area contributed by atoms with Gasteiger partial charge >= 0.3 is 5.97 Å². The van der Waals surface area contributed by atoms with Crippen LogP contribution in [-0.2, 0) is 11.2 Å². The second-order valence-corrected chi connectivity index (χ2v) is 7.21. The molecular formula is C15H24N2O3S. The van der Waals surface area contributed by atoms with E-state index in [0.717, 1.165) is 18.1 Å². The van der Waals surface area contributed by atoms with Crippen LogP contribution >= 0.6 is 11.3 Å². The van der Waals surface area contributed by atoms with E-state index in [4.69, 9.17) is 4.74 Å². The molecule has 21 heavy (non-hydrogen) atoms. The quantitative estimate of drug-likeness (QED) is 0.906. The standard InChI is InChI=1S/C15H24N2O3S/c1-9(2)7-11-13(15(18)19)21-14(16-11)12-8-17(10(3)4)5-6-20-12/h9-10,12H,5-8H2,1-4H3,(H,18,19). The van der Waals surface area contributed by atoms with Gasteiger partial charge in [0.25, 0.3) is 0 Å². The molecule has 1 atom stereocenters. The minimum atomic E-state index is -0.883. The van der Waals surface area contributed by atoms with Gasteiger partial charge in [-0.3, -0.25) is 4.90 Å². The van der Waals surface area contributed by atoms with E-state index in [9.17, 15) is 9.90 Å². The highest BCUT2D eigenvalue weighted by Crippen LogP contribution is 2.30. The molecule has 0 aliphatic carbocycles. The number of carbonyl (C=O) groups is 1. The Morgan fingerprint density at radius 1 is 1.48 bits per heavy atom. The molecule has 0 amide bonds. The van der Waals surface area contributed by atoms with Gasteiger partial charge in [-0.2, -0.15) is 0 Å². The summed E-state index contributed by atoms with van der Waals surface area (Å²) in [4.78, 5) is 18.7. The van der Waals surface area contributed by atoms with Gasteiger partial charge in [-0.05, 0) is 26.2 Å². The Hall–Kier alpha value is -0.980. The number of carboxylic acids is 1. The van der Waals surface area contributed by atoms with Crippen molar-refractivity contribution in [2.75, 3.05) is 19.7 Å². The van der Waals surface area contributed by atoms with Crippen LogP contribution in [0.1, 0.15) is 54.2 Å². The Kier molecular flexibility index (Phi) is 5.35. The van der Waals surface area contributed by atoms with E-state index in [1.54, 1.807) is 0 Å². The van der Waals surface area contributed by atoms with Gasteiger partial charge < -0.3 is 9.84 Å². The minimum Gasteiger partial charge on any atom is -0.477 e. The third-order valence-corrected chi connectivity index (χ3v) is 4.79. The van der Waals surface area contributed by atoms with E-state index >= 15 is 0 Å². The molecule has 0 bridgehead atoms. The van der Waals surface area contributed by atoms with E-state index in [-0.39, 0.29) is 6.10 Å². The second kappa shape index (κ2) is 6.85. The molecule has 1 N–H and O–H groups in total.